The fourth-order valence-electron chi connectivity index (χ4n) is 3.11. The van der Waals surface area contributed by atoms with Gasteiger partial charge in [-0.2, -0.15) is 13.2 Å². The molecule has 0 aliphatic carbocycles. The van der Waals surface area contributed by atoms with Crippen LogP contribution < -0.4 is 10.6 Å². The van der Waals surface area contributed by atoms with Crippen LogP contribution in [0.1, 0.15) is 28.3 Å². The number of carbonyl (C=O) groups is 2. The molecule has 3 rings (SSSR count). The molecule has 0 heterocycles. The van der Waals surface area contributed by atoms with Gasteiger partial charge in [0.25, 0.3) is 5.91 Å². The second-order valence-electron chi connectivity index (χ2n) is 7.29. The fourth-order valence-corrected chi connectivity index (χ4v) is 3.50. The average molecular weight is 535 g/mol. The number of carbonyl (C=O) groups excluding carboxylic acids is 2. The maximum Gasteiger partial charge on any atom is 0.396 e. The Kier molecular flexibility index (Phi) is 7.97. The van der Waals surface area contributed by atoms with E-state index in [9.17, 15) is 35.9 Å². The molecule has 1 unspecified atom stereocenters. The van der Waals surface area contributed by atoms with Crippen molar-refractivity contribution in [3.63, 3.8) is 0 Å². The molecule has 0 saturated heterocycles. The number of halogens is 8. The summed E-state index contributed by atoms with van der Waals surface area (Å²) in [5.74, 6) is -7.07. The first-order valence-corrected chi connectivity index (χ1v) is 10.5. The fraction of sp³-hybridized carbons (Fsp3) is 0.130. The summed E-state index contributed by atoms with van der Waals surface area (Å²) in [5, 5.41) is 3.80. The standard InChI is InChI=1S/C23H14Cl2F6N2O2/c24-16-4-3-13(9-14(16)22(35)33-20-6-2-12(26)8-19(20)28)32-21(34)10-15(23(29,30)31)11-1-5-18(27)17(25)7-11/h1-9,15H,10H2,(H,32,34)(H,33,35). The van der Waals surface area contributed by atoms with Crippen molar-refractivity contribution in [2.24, 2.45) is 0 Å². The molecule has 0 radical (unpaired) electrons. The lowest BCUT2D eigenvalue weighted by Gasteiger charge is -2.21. The van der Waals surface area contributed by atoms with Crippen molar-refractivity contribution in [1.29, 1.82) is 0 Å². The highest BCUT2D eigenvalue weighted by Crippen LogP contribution is 2.39. The van der Waals surface area contributed by atoms with Crippen LogP contribution in [-0.2, 0) is 4.79 Å². The van der Waals surface area contributed by atoms with Crippen LogP contribution in [0.15, 0.2) is 54.6 Å². The lowest BCUT2D eigenvalue weighted by molar-refractivity contribution is -0.155. The SMILES string of the molecule is O=C(CC(c1ccc(F)c(Cl)c1)C(F)(F)F)Nc1ccc(Cl)c(C(=O)Nc2ccc(F)cc2F)c1. The number of rotatable bonds is 6. The van der Waals surface area contributed by atoms with E-state index in [0.717, 1.165) is 36.4 Å². The van der Waals surface area contributed by atoms with Gasteiger partial charge in [-0.05, 0) is 48.0 Å². The van der Waals surface area contributed by atoms with E-state index in [-0.39, 0.29) is 22.0 Å². The van der Waals surface area contributed by atoms with Gasteiger partial charge in [0, 0.05) is 18.2 Å². The Morgan fingerprint density at radius 2 is 1.54 bits per heavy atom. The molecule has 0 aromatic heterocycles. The van der Waals surface area contributed by atoms with Crippen molar-refractivity contribution < 1.29 is 35.9 Å². The molecule has 184 valence electrons. The molecule has 0 spiro atoms. The van der Waals surface area contributed by atoms with Crippen LogP contribution in [0, 0.1) is 17.5 Å². The Balaban J connectivity index is 1.78. The first kappa shape index (κ1) is 26.4. The predicted molar refractivity (Wildman–Crippen MR) is 119 cm³/mol. The highest BCUT2D eigenvalue weighted by atomic mass is 35.5. The molecule has 0 bridgehead atoms. The van der Waals surface area contributed by atoms with Gasteiger partial charge in [0.2, 0.25) is 5.91 Å². The van der Waals surface area contributed by atoms with Crippen LogP contribution in [0.25, 0.3) is 0 Å². The van der Waals surface area contributed by atoms with Crippen molar-refractivity contribution in [2.45, 2.75) is 18.5 Å². The van der Waals surface area contributed by atoms with Crippen molar-refractivity contribution in [1.82, 2.24) is 0 Å². The van der Waals surface area contributed by atoms with Gasteiger partial charge in [0.05, 0.1) is 27.2 Å². The topological polar surface area (TPSA) is 58.2 Å². The Labute approximate surface area is 204 Å². The van der Waals surface area contributed by atoms with E-state index < -0.39 is 58.4 Å². The quantitative estimate of drug-likeness (QED) is 0.325. The van der Waals surface area contributed by atoms with Gasteiger partial charge in [-0.1, -0.05) is 29.3 Å². The van der Waals surface area contributed by atoms with Gasteiger partial charge >= 0.3 is 6.18 Å². The summed E-state index contributed by atoms with van der Waals surface area (Å²) in [5.41, 5.74) is -1.04. The largest absolute Gasteiger partial charge is 0.396 e. The Bertz CT molecular complexity index is 1280. The van der Waals surface area contributed by atoms with E-state index in [2.05, 4.69) is 10.6 Å². The minimum atomic E-state index is -4.84. The van der Waals surface area contributed by atoms with Crippen LogP contribution >= 0.6 is 23.2 Å². The molecule has 2 N–H and O–H groups in total. The molecule has 35 heavy (non-hydrogen) atoms. The summed E-state index contributed by atoms with van der Waals surface area (Å²) in [7, 11) is 0. The first-order chi connectivity index (χ1) is 16.3. The Hall–Kier alpha value is -3.24. The zero-order valence-electron chi connectivity index (χ0n) is 17.3. The molecule has 4 nitrogen and oxygen atoms in total. The Morgan fingerprint density at radius 1 is 0.829 bits per heavy atom. The molecular weight excluding hydrogens is 521 g/mol. The molecule has 0 saturated carbocycles. The minimum Gasteiger partial charge on any atom is -0.326 e. The molecule has 0 aliphatic rings. The van der Waals surface area contributed by atoms with Gasteiger partial charge in [-0.15, -0.1) is 0 Å². The molecule has 3 aromatic rings. The zero-order chi connectivity index (χ0) is 25.9. The lowest BCUT2D eigenvalue weighted by Crippen LogP contribution is -2.26. The van der Waals surface area contributed by atoms with Crippen LogP contribution in [0.5, 0.6) is 0 Å². The smallest absolute Gasteiger partial charge is 0.326 e. The van der Waals surface area contributed by atoms with Crippen molar-refractivity contribution in [3.05, 3.63) is 93.2 Å². The summed E-state index contributed by atoms with van der Waals surface area (Å²) in [6, 6.07) is 8.42. The van der Waals surface area contributed by atoms with Crippen molar-refractivity contribution in [3.8, 4) is 0 Å². The van der Waals surface area contributed by atoms with Gasteiger partial charge < -0.3 is 10.6 Å². The highest BCUT2D eigenvalue weighted by Gasteiger charge is 2.42. The van der Waals surface area contributed by atoms with Crippen LogP contribution in [0.2, 0.25) is 10.0 Å². The molecule has 12 heteroatoms. The third-order valence-electron chi connectivity index (χ3n) is 4.80. The van der Waals surface area contributed by atoms with E-state index in [1.807, 2.05) is 0 Å². The Morgan fingerprint density at radius 3 is 2.17 bits per heavy atom. The number of hydrogen-bond donors (Lipinski definition) is 2. The van der Waals surface area contributed by atoms with E-state index in [4.69, 9.17) is 23.2 Å². The third-order valence-corrected chi connectivity index (χ3v) is 5.42. The molecule has 3 aromatic carbocycles. The second-order valence-corrected chi connectivity index (χ2v) is 8.11. The second kappa shape index (κ2) is 10.6. The molecule has 0 fully saturated rings. The maximum atomic E-state index is 13.8. The number of benzene rings is 3. The number of hydrogen-bond acceptors (Lipinski definition) is 2. The summed E-state index contributed by atoms with van der Waals surface area (Å²) in [6.45, 7) is 0. The summed E-state index contributed by atoms with van der Waals surface area (Å²) < 4.78 is 81.0. The average Bonchev–Trinajstić information content (AvgIpc) is 2.76. The first-order valence-electron chi connectivity index (χ1n) is 9.72. The number of anilines is 2. The summed E-state index contributed by atoms with van der Waals surface area (Å²) >= 11 is 11.6. The van der Waals surface area contributed by atoms with E-state index >= 15 is 0 Å². The molecular formula is C23H14Cl2F6N2O2. The van der Waals surface area contributed by atoms with E-state index in [1.54, 1.807) is 0 Å². The molecule has 1 atom stereocenters. The number of alkyl halides is 3. The summed E-state index contributed by atoms with van der Waals surface area (Å²) in [6.07, 6.45) is -5.90. The highest BCUT2D eigenvalue weighted by molar-refractivity contribution is 6.34. The zero-order valence-corrected chi connectivity index (χ0v) is 18.8. The van der Waals surface area contributed by atoms with Gasteiger partial charge in [0.15, 0.2) is 0 Å². The van der Waals surface area contributed by atoms with Crippen molar-refractivity contribution in [2.75, 3.05) is 10.6 Å². The van der Waals surface area contributed by atoms with Crippen LogP contribution in [0.3, 0.4) is 0 Å². The van der Waals surface area contributed by atoms with Crippen molar-refractivity contribution >= 4 is 46.4 Å². The minimum absolute atomic E-state index is 0.0674. The lowest BCUT2D eigenvalue weighted by atomic mass is 9.94. The van der Waals surface area contributed by atoms with E-state index in [0.29, 0.717) is 6.07 Å². The maximum absolute atomic E-state index is 13.8. The molecule has 2 amide bonds. The van der Waals surface area contributed by atoms with Gasteiger partial charge in [-0.25, -0.2) is 13.2 Å². The number of amides is 2. The number of nitrogens with one attached hydrogen (secondary N) is 2. The predicted octanol–water partition coefficient (Wildman–Crippen LogP) is 7.34. The summed E-state index contributed by atoms with van der Waals surface area (Å²) in [4.78, 5) is 24.9. The van der Waals surface area contributed by atoms with Gasteiger partial charge in [0.1, 0.15) is 17.5 Å². The van der Waals surface area contributed by atoms with Crippen LogP contribution in [0.4, 0.5) is 37.7 Å². The monoisotopic (exact) mass is 534 g/mol. The van der Waals surface area contributed by atoms with Gasteiger partial charge in [-0.3, -0.25) is 9.59 Å². The third kappa shape index (κ3) is 6.67. The van der Waals surface area contributed by atoms with Crippen LogP contribution in [-0.4, -0.2) is 18.0 Å². The van der Waals surface area contributed by atoms with E-state index in [1.165, 1.54) is 12.1 Å². The molecule has 0 aliphatic heterocycles. The normalized spacial score (nSPS) is 12.2.